The Bertz CT molecular complexity index is 1160. The summed E-state index contributed by atoms with van der Waals surface area (Å²) in [5.74, 6) is 0.629. The molecule has 0 fully saturated rings. The summed E-state index contributed by atoms with van der Waals surface area (Å²) in [4.78, 5) is 17.9. The van der Waals surface area contributed by atoms with Crippen molar-refractivity contribution in [3.63, 3.8) is 0 Å². The lowest BCUT2D eigenvalue weighted by molar-refractivity contribution is -0.120. The summed E-state index contributed by atoms with van der Waals surface area (Å²) >= 11 is 0. The molecular formula is C28H29N3O2. The maximum Gasteiger partial charge on any atom is 0.234 e. The molecule has 0 aromatic heterocycles. The van der Waals surface area contributed by atoms with E-state index < -0.39 is 0 Å². The number of aryl methyl sites for hydroxylation is 1. The Morgan fingerprint density at radius 3 is 2.36 bits per heavy atom. The van der Waals surface area contributed by atoms with Gasteiger partial charge in [-0.2, -0.15) is 5.26 Å². The van der Waals surface area contributed by atoms with Crippen molar-refractivity contribution >= 4 is 17.3 Å². The SMILES string of the molecule is COc1ccc2c(c1)C(C(=O)N(Cc1ccc(N(C)C)cc1)c1ccc(C#N)cc1)CCC2. The second-order valence-corrected chi connectivity index (χ2v) is 8.65. The van der Waals surface area contributed by atoms with E-state index in [1.54, 1.807) is 19.2 Å². The van der Waals surface area contributed by atoms with Crippen LogP contribution in [-0.4, -0.2) is 27.1 Å². The first-order valence-corrected chi connectivity index (χ1v) is 11.2. The molecule has 0 N–H and O–H groups in total. The molecule has 0 saturated carbocycles. The third kappa shape index (κ3) is 4.85. The van der Waals surface area contributed by atoms with Gasteiger partial charge in [-0.3, -0.25) is 4.79 Å². The molecule has 1 aliphatic carbocycles. The Hall–Kier alpha value is -3.78. The summed E-state index contributed by atoms with van der Waals surface area (Å²) in [5.41, 5.74) is 5.82. The number of amides is 1. The number of nitriles is 1. The zero-order valence-corrected chi connectivity index (χ0v) is 19.4. The molecule has 0 bridgehead atoms. The van der Waals surface area contributed by atoms with Crippen LogP contribution in [-0.2, 0) is 17.8 Å². The molecule has 0 aliphatic heterocycles. The van der Waals surface area contributed by atoms with Crippen LogP contribution in [0.2, 0.25) is 0 Å². The van der Waals surface area contributed by atoms with Crippen LogP contribution in [0.5, 0.6) is 5.75 Å². The highest BCUT2D eigenvalue weighted by molar-refractivity contribution is 5.98. The summed E-state index contributed by atoms with van der Waals surface area (Å²) in [7, 11) is 5.68. The summed E-state index contributed by atoms with van der Waals surface area (Å²) in [5, 5.41) is 9.20. The number of hydrogen-bond donors (Lipinski definition) is 0. The zero-order chi connectivity index (χ0) is 23.4. The summed E-state index contributed by atoms with van der Waals surface area (Å²) in [6, 6.07) is 23.7. The van der Waals surface area contributed by atoms with Crippen molar-refractivity contribution in [1.82, 2.24) is 0 Å². The van der Waals surface area contributed by atoms with E-state index in [-0.39, 0.29) is 11.8 Å². The first-order valence-electron chi connectivity index (χ1n) is 11.2. The number of methoxy groups -OCH3 is 1. The number of nitrogens with zero attached hydrogens (tertiary/aromatic N) is 3. The molecule has 1 amide bonds. The van der Waals surface area contributed by atoms with Crippen LogP contribution in [0.3, 0.4) is 0 Å². The van der Waals surface area contributed by atoms with E-state index in [0.717, 1.165) is 47.5 Å². The number of rotatable bonds is 6. The van der Waals surface area contributed by atoms with Gasteiger partial charge in [-0.15, -0.1) is 0 Å². The third-order valence-electron chi connectivity index (χ3n) is 6.33. The van der Waals surface area contributed by atoms with E-state index in [0.29, 0.717) is 12.1 Å². The number of fused-ring (bicyclic) bond motifs is 1. The van der Waals surface area contributed by atoms with Gasteiger partial charge in [0.05, 0.1) is 31.2 Å². The van der Waals surface area contributed by atoms with Crippen LogP contribution in [0, 0.1) is 11.3 Å². The van der Waals surface area contributed by atoms with Crippen LogP contribution < -0.4 is 14.5 Å². The van der Waals surface area contributed by atoms with Gasteiger partial charge in [0, 0.05) is 25.5 Å². The number of benzene rings is 3. The number of anilines is 2. The molecule has 3 aromatic carbocycles. The minimum Gasteiger partial charge on any atom is -0.497 e. The van der Waals surface area contributed by atoms with E-state index in [2.05, 4.69) is 41.3 Å². The maximum atomic E-state index is 14.0. The summed E-state index contributed by atoms with van der Waals surface area (Å²) in [6.45, 7) is 0.467. The molecule has 3 aromatic rings. The van der Waals surface area contributed by atoms with Gasteiger partial charge in [-0.25, -0.2) is 0 Å². The minimum absolute atomic E-state index is 0.0746. The molecule has 168 valence electrons. The van der Waals surface area contributed by atoms with Gasteiger partial charge >= 0.3 is 0 Å². The maximum absolute atomic E-state index is 14.0. The average molecular weight is 440 g/mol. The van der Waals surface area contributed by atoms with Gasteiger partial charge in [0.2, 0.25) is 5.91 Å². The first kappa shape index (κ1) is 22.4. The van der Waals surface area contributed by atoms with E-state index in [9.17, 15) is 10.1 Å². The lowest BCUT2D eigenvalue weighted by atomic mass is 9.81. The molecule has 1 unspecified atom stereocenters. The second kappa shape index (κ2) is 9.79. The van der Waals surface area contributed by atoms with Crippen LogP contribution in [0.1, 0.15) is 41.0 Å². The van der Waals surface area contributed by atoms with Crippen molar-refractivity contribution < 1.29 is 9.53 Å². The van der Waals surface area contributed by atoms with Crippen molar-refractivity contribution in [2.24, 2.45) is 0 Å². The van der Waals surface area contributed by atoms with Gasteiger partial charge in [-0.05, 0) is 84.5 Å². The molecule has 1 aliphatic rings. The van der Waals surface area contributed by atoms with Crippen LogP contribution in [0.15, 0.2) is 66.7 Å². The number of carbonyl (C=O) groups is 1. The van der Waals surface area contributed by atoms with Crippen LogP contribution in [0.4, 0.5) is 11.4 Å². The van der Waals surface area contributed by atoms with Gasteiger partial charge < -0.3 is 14.5 Å². The Morgan fingerprint density at radius 1 is 1.03 bits per heavy atom. The van der Waals surface area contributed by atoms with Crippen molar-refractivity contribution in [3.05, 3.63) is 89.0 Å². The van der Waals surface area contributed by atoms with E-state index in [4.69, 9.17) is 4.74 Å². The van der Waals surface area contributed by atoms with Crippen molar-refractivity contribution in [1.29, 1.82) is 5.26 Å². The highest BCUT2D eigenvalue weighted by Gasteiger charge is 2.31. The van der Waals surface area contributed by atoms with Crippen LogP contribution in [0.25, 0.3) is 0 Å². The van der Waals surface area contributed by atoms with E-state index in [1.165, 1.54) is 5.56 Å². The predicted octanol–water partition coefficient (Wildman–Crippen LogP) is 5.29. The number of ether oxygens (including phenoxy) is 1. The number of carbonyl (C=O) groups excluding carboxylic acids is 1. The normalized spacial score (nSPS) is 14.7. The molecule has 0 radical (unpaired) electrons. The fraction of sp³-hybridized carbons (Fsp3) is 0.286. The molecule has 5 nitrogen and oxygen atoms in total. The smallest absolute Gasteiger partial charge is 0.234 e. The summed E-state index contributed by atoms with van der Waals surface area (Å²) < 4.78 is 5.45. The fourth-order valence-corrected chi connectivity index (χ4v) is 4.44. The average Bonchev–Trinajstić information content (AvgIpc) is 2.86. The van der Waals surface area contributed by atoms with Gasteiger partial charge in [0.15, 0.2) is 0 Å². The Labute approximate surface area is 195 Å². The van der Waals surface area contributed by atoms with Crippen LogP contribution >= 0.6 is 0 Å². The molecule has 0 spiro atoms. The third-order valence-corrected chi connectivity index (χ3v) is 6.33. The topological polar surface area (TPSA) is 56.6 Å². The molecule has 0 saturated heterocycles. The van der Waals surface area contributed by atoms with Gasteiger partial charge in [0.25, 0.3) is 0 Å². The molecule has 4 rings (SSSR count). The zero-order valence-electron chi connectivity index (χ0n) is 19.4. The first-order chi connectivity index (χ1) is 16.0. The largest absolute Gasteiger partial charge is 0.497 e. The lowest BCUT2D eigenvalue weighted by Gasteiger charge is -2.31. The number of hydrogen-bond acceptors (Lipinski definition) is 4. The monoisotopic (exact) mass is 439 g/mol. The second-order valence-electron chi connectivity index (χ2n) is 8.65. The molecule has 33 heavy (non-hydrogen) atoms. The molecular weight excluding hydrogens is 410 g/mol. The van der Waals surface area contributed by atoms with Gasteiger partial charge in [-0.1, -0.05) is 18.2 Å². The van der Waals surface area contributed by atoms with Gasteiger partial charge in [0.1, 0.15) is 5.75 Å². The fourth-order valence-electron chi connectivity index (χ4n) is 4.44. The van der Waals surface area contributed by atoms with E-state index >= 15 is 0 Å². The Balaban J connectivity index is 1.70. The van der Waals surface area contributed by atoms with Crippen molar-refractivity contribution in [2.75, 3.05) is 31.0 Å². The molecule has 0 heterocycles. The highest BCUT2D eigenvalue weighted by atomic mass is 16.5. The Morgan fingerprint density at radius 2 is 1.73 bits per heavy atom. The standard InChI is InChI=1S/C28H29N3O2/c1-30(2)23-12-9-21(10-13-23)19-31(24-14-7-20(18-29)8-15-24)28(32)26-6-4-5-22-11-16-25(33-3)17-27(22)26/h7-17,26H,4-6,19H2,1-3H3. The molecule has 5 heteroatoms. The summed E-state index contributed by atoms with van der Waals surface area (Å²) in [6.07, 6.45) is 2.77. The van der Waals surface area contributed by atoms with Crippen molar-refractivity contribution in [2.45, 2.75) is 31.7 Å². The quantitative estimate of drug-likeness (QED) is 0.524. The lowest BCUT2D eigenvalue weighted by Crippen LogP contribution is -2.36. The Kier molecular flexibility index (Phi) is 6.65. The van der Waals surface area contributed by atoms with Crippen molar-refractivity contribution in [3.8, 4) is 11.8 Å². The van der Waals surface area contributed by atoms with E-state index in [1.807, 2.05) is 43.3 Å². The minimum atomic E-state index is -0.222. The predicted molar refractivity (Wildman–Crippen MR) is 132 cm³/mol. The highest BCUT2D eigenvalue weighted by Crippen LogP contribution is 2.36. The molecule has 1 atom stereocenters.